The van der Waals surface area contributed by atoms with Gasteiger partial charge in [-0.05, 0) is 24.7 Å². The molecule has 3 aliphatic rings. The summed E-state index contributed by atoms with van der Waals surface area (Å²) in [6.07, 6.45) is 1.52. The number of carbonyl (C=O) groups is 1. The highest BCUT2D eigenvalue weighted by Gasteiger charge is 2.50. The molecular weight excluding hydrogens is 398 g/mol. The van der Waals surface area contributed by atoms with E-state index >= 15 is 0 Å². The highest BCUT2D eigenvalue weighted by molar-refractivity contribution is 7.82. The first-order chi connectivity index (χ1) is 14.6. The Labute approximate surface area is 181 Å². The number of carbonyl (C=O) groups excluding carboxylic acids is 1. The predicted octanol–water partition coefficient (Wildman–Crippen LogP) is 3.50. The fourth-order valence-electron chi connectivity index (χ4n) is 4.39. The molecule has 0 unspecified atom stereocenters. The van der Waals surface area contributed by atoms with Crippen LogP contribution in [0.2, 0.25) is 0 Å². The van der Waals surface area contributed by atoms with E-state index in [1.54, 1.807) is 23.1 Å². The lowest BCUT2D eigenvalue weighted by Crippen LogP contribution is -2.55. The van der Waals surface area contributed by atoms with E-state index in [0.717, 1.165) is 43.8 Å². The van der Waals surface area contributed by atoms with E-state index < -0.39 is 5.66 Å². The largest absolute Gasteiger partial charge is 0.454 e. The third-order valence-corrected chi connectivity index (χ3v) is 6.49. The minimum absolute atomic E-state index is 0.141. The molecule has 3 aliphatic heterocycles. The Bertz CT molecular complexity index is 1030. The molecule has 30 heavy (non-hydrogen) atoms. The Hall–Kier alpha value is -2.77. The first-order valence-electron chi connectivity index (χ1n) is 10.3. The molecule has 3 heterocycles. The van der Waals surface area contributed by atoms with Crippen LogP contribution in [0.4, 0.5) is 0 Å². The van der Waals surface area contributed by atoms with Crippen LogP contribution in [0, 0.1) is 0 Å². The van der Waals surface area contributed by atoms with Gasteiger partial charge in [-0.3, -0.25) is 14.7 Å². The summed E-state index contributed by atoms with van der Waals surface area (Å²) in [5, 5.41) is 0. The summed E-state index contributed by atoms with van der Waals surface area (Å²) in [5.41, 5.74) is 1.57. The SMILES string of the molecule is CCN1CCC2(CC1)N=C(c1ccccc1)C(=S)N2C(=O)c1ccc2c(c1)OCO2. The molecule has 2 aromatic rings. The van der Waals surface area contributed by atoms with Gasteiger partial charge in [0.05, 0.1) is 0 Å². The van der Waals surface area contributed by atoms with Crippen LogP contribution in [-0.4, -0.2) is 58.5 Å². The van der Waals surface area contributed by atoms with Crippen molar-refractivity contribution >= 4 is 28.8 Å². The predicted molar refractivity (Wildman–Crippen MR) is 118 cm³/mol. The maximum Gasteiger partial charge on any atom is 0.261 e. The number of benzene rings is 2. The molecule has 0 atom stereocenters. The van der Waals surface area contributed by atoms with Gasteiger partial charge in [-0.25, -0.2) is 0 Å². The van der Waals surface area contributed by atoms with Gasteiger partial charge in [0.1, 0.15) is 16.4 Å². The monoisotopic (exact) mass is 421 g/mol. The van der Waals surface area contributed by atoms with Crippen LogP contribution >= 0.6 is 12.2 Å². The number of ether oxygens (including phenoxy) is 2. The third-order valence-electron chi connectivity index (χ3n) is 6.12. The number of piperidine rings is 1. The molecule has 2 aromatic carbocycles. The van der Waals surface area contributed by atoms with Gasteiger partial charge in [0.25, 0.3) is 5.91 Å². The van der Waals surface area contributed by atoms with E-state index in [-0.39, 0.29) is 12.7 Å². The molecule has 1 amide bonds. The van der Waals surface area contributed by atoms with E-state index in [2.05, 4.69) is 11.8 Å². The Morgan fingerprint density at radius 1 is 1.10 bits per heavy atom. The number of fused-ring (bicyclic) bond motifs is 1. The number of thiocarbonyl (C=S) groups is 1. The Morgan fingerprint density at radius 2 is 1.83 bits per heavy atom. The molecule has 0 aromatic heterocycles. The lowest BCUT2D eigenvalue weighted by molar-refractivity contribution is 0.0544. The van der Waals surface area contributed by atoms with Crippen LogP contribution < -0.4 is 9.47 Å². The van der Waals surface area contributed by atoms with Gasteiger partial charge in [0, 0.05) is 37.1 Å². The smallest absolute Gasteiger partial charge is 0.261 e. The topological polar surface area (TPSA) is 54.4 Å². The lowest BCUT2D eigenvalue weighted by Gasteiger charge is -2.42. The van der Waals surface area contributed by atoms with E-state index in [4.69, 9.17) is 26.7 Å². The van der Waals surface area contributed by atoms with Crippen molar-refractivity contribution in [2.24, 2.45) is 4.99 Å². The van der Waals surface area contributed by atoms with Gasteiger partial charge in [0.2, 0.25) is 6.79 Å². The van der Waals surface area contributed by atoms with E-state index in [0.29, 0.717) is 22.1 Å². The zero-order valence-electron chi connectivity index (χ0n) is 16.8. The van der Waals surface area contributed by atoms with Crippen LogP contribution in [0.15, 0.2) is 53.5 Å². The lowest BCUT2D eigenvalue weighted by atomic mass is 9.95. The van der Waals surface area contributed by atoms with Crippen molar-refractivity contribution < 1.29 is 14.3 Å². The second-order valence-corrected chi connectivity index (χ2v) is 8.14. The highest BCUT2D eigenvalue weighted by atomic mass is 32.1. The molecule has 0 radical (unpaired) electrons. The maximum absolute atomic E-state index is 13.7. The molecule has 7 heteroatoms. The fraction of sp³-hybridized carbons (Fsp3) is 0.348. The summed E-state index contributed by atoms with van der Waals surface area (Å²) in [6.45, 7) is 5.09. The molecule has 0 bridgehead atoms. The number of amides is 1. The van der Waals surface area contributed by atoms with Crippen molar-refractivity contribution in [2.75, 3.05) is 26.4 Å². The van der Waals surface area contributed by atoms with Gasteiger partial charge in [-0.2, -0.15) is 0 Å². The van der Waals surface area contributed by atoms with Crippen LogP contribution in [0.3, 0.4) is 0 Å². The summed E-state index contributed by atoms with van der Waals surface area (Å²) < 4.78 is 10.9. The average Bonchev–Trinajstić information content (AvgIpc) is 3.36. The van der Waals surface area contributed by atoms with E-state index in [1.165, 1.54) is 0 Å². The van der Waals surface area contributed by atoms with Gasteiger partial charge < -0.3 is 14.4 Å². The molecule has 154 valence electrons. The number of hydrogen-bond donors (Lipinski definition) is 0. The molecule has 0 N–H and O–H groups in total. The van der Waals surface area contributed by atoms with E-state index in [9.17, 15) is 4.79 Å². The van der Waals surface area contributed by atoms with Crippen LogP contribution in [0.25, 0.3) is 0 Å². The molecule has 5 rings (SSSR count). The maximum atomic E-state index is 13.7. The molecule has 0 saturated carbocycles. The number of hydrogen-bond acceptors (Lipinski definition) is 6. The first kappa shape index (κ1) is 19.2. The van der Waals surface area contributed by atoms with Gasteiger partial charge >= 0.3 is 0 Å². The molecule has 6 nitrogen and oxygen atoms in total. The van der Waals surface area contributed by atoms with Crippen LogP contribution in [0.5, 0.6) is 11.5 Å². The standard InChI is InChI=1S/C23H23N3O3S/c1-2-25-12-10-23(11-13-25)24-20(16-6-4-3-5-7-16)22(30)26(23)21(27)17-8-9-18-19(14-17)29-15-28-18/h3-9,14H,2,10-13,15H2,1H3. The van der Waals surface area contributed by atoms with Gasteiger partial charge in [0.15, 0.2) is 11.5 Å². The third kappa shape index (κ3) is 3.09. The Morgan fingerprint density at radius 3 is 2.57 bits per heavy atom. The molecule has 1 saturated heterocycles. The number of nitrogens with zero attached hydrogens (tertiary/aromatic N) is 3. The van der Waals surface area contributed by atoms with Crippen molar-refractivity contribution in [3.8, 4) is 11.5 Å². The second-order valence-electron chi connectivity index (χ2n) is 7.76. The molecular formula is C23H23N3O3S. The molecule has 1 fully saturated rings. The summed E-state index contributed by atoms with van der Waals surface area (Å²) in [7, 11) is 0. The summed E-state index contributed by atoms with van der Waals surface area (Å²) in [5.74, 6) is 1.10. The van der Waals surface area contributed by atoms with E-state index in [1.807, 2.05) is 30.3 Å². The highest BCUT2D eigenvalue weighted by Crippen LogP contribution is 2.39. The van der Waals surface area contributed by atoms with Gasteiger partial charge in [-0.1, -0.05) is 49.5 Å². The quantitative estimate of drug-likeness (QED) is 0.710. The number of rotatable bonds is 3. The zero-order valence-corrected chi connectivity index (χ0v) is 17.7. The Balaban J connectivity index is 1.54. The minimum Gasteiger partial charge on any atom is -0.454 e. The van der Waals surface area contributed by atoms with Crippen molar-refractivity contribution in [2.45, 2.75) is 25.4 Å². The number of likely N-dealkylation sites (tertiary alicyclic amines) is 1. The molecule has 0 aliphatic carbocycles. The van der Waals surface area contributed by atoms with Crippen molar-refractivity contribution in [1.82, 2.24) is 9.80 Å². The fourth-order valence-corrected chi connectivity index (χ4v) is 4.80. The number of aliphatic imine (C=N–C) groups is 1. The Kier molecular flexibility index (Phi) is 4.79. The minimum atomic E-state index is -0.638. The van der Waals surface area contributed by atoms with Crippen molar-refractivity contribution in [1.29, 1.82) is 0 Å². The normalized spacial score (nSPS) is 20.0. The first-order valence-corrected chi connectivity index (χ1v) is 10.7. The second kappa shape index (κ2) is 7.49. The van der Waals surface area contributed by atoms with Crippen LogP contribution in [-0.2, 0) is 0 Å². The van der Waals surface area contributed by atoms with Gasteiger partial charge in [-0.15, -0.1) is 0 Å². The molecule has 1 spiro atoms. The average molecular weight is 422 g/mol. The van der Waals surface area contributed by atoms with Crippen molar-refractivity contribution in [3.05, 3.63) is 59.7 Å². The summed E-state index contributed by atoms with van der Waals surface area (Å²) in [4.78, 5) is 23.4. The summed E-state index contributed by atoms with van der Waals surface area (Å²) >= 11 is 5.84. The van der Waals surface area contributed by atoms with Crippen LogP contribution in [0.1, 0.15) is 35.7 Å². The summed E-state index contributed by atoms with van der Waals surface area (Å²) in [6, 6.07) is 15.2. The zero-order chi connectivity index (χ0) is 20.7. The van der Waals surface area contributed by atoms with Crippen molar-refractivity contribution in [3.63, 3.8) is 0 Å².